The molecule has 172 valence electrons. The molecule has 6 nitrogen and oxygen atoms in total. The molecular weight excluding hydrogens is 539 g/mol. The van der Waals surface area contributed by atoms with Crippen LogP contribution in [0.4, 0.5) is 0 Å². The number of aliphatic imine (C=N–C) groups is 1. The highest BCUT2D eigenvalue weighted by atomic mass is 127. The summed E-state index contributed by atoms with van der Waals surface area (Å²) in [6.45, 7) is 3.85. The van der Waals surface area contributed by atoms with Gasteiger partial charge in [0.05, 0.1) is 11.8 Å². The summed E-state index contributed by atoms with van der Waals surface area (Å²) < 4.78 is 0. The standard InChI is InChI=1S/C24H29ClN4O2.HI/c1-2-26-24(28-19-13-18(19)14-5-3-6-17(25)12-14)27-9-4-10-29-22(30)20-15-7-8-16(11-15)21(20)23(29)31;/h3,5-8,12,15-16,18-21H,2,4,9-11,13H2,1H3,(H2,26,27,28);1H. The second-order valence-electron chi connectivity index (χ2n) is 9.09. The van der Waals surface area contributed by atoms with Crippen molar-refractivity contribution in [3.05, 3.63) is 47.0 Å². The van der Waals surface area contributed by atoms with E-state index in [4.69, 9.17) is 11.6 Å². The Balaban J connectivity index is 0.00000245. The number of carbonyl (C=O) groups is 2. The van der Waals surface area contributed by atoms with Crippen LogP contribution in [0.2, 0.25) is 5.02 Å². The number of halogens is 2. The summed E-state index contributed by atoms with van der Waals surface area (Å²) in [7, 11) is 0. The molecule has 1 heterocycles. The molecule has 2 bridgehead atoms. The lowest BCUT2D eigenvalue weighted by Crippen LogP contribution is -2.39. The zero-order valence-corrected chi connectivity index (χ0v) is 21.3. The maximum Gasteiger partial charge on any atom is 0.233 e. The molecule has 3 aliphatic carbocycles. The Morgan fingerprint density at radius 3 is 2.53 bits per heavy atom. The summed E-state index contributed by atoms with van der Waals surface area (Å²) in [6, 6.07) is 8.37. The second-order valence-corrected chi connectivity index (χ2v) is 9.53. The maximum absolute atomic E-state index is 12.8. The number of likely N-dealkylation sites (tertiary alicyclic amines) is 1. The molecule has 6 unspecified atom stereocenters. The summed E-state index contributed by atoms with van der Waals surface area (Å²) in [6.07, 6.45) is 6.97. The molecule has 1 aromatic carbocycles. The third kappa shape index (κ3) is 4.42. The van der Waals surface area contributed by atoms with Crippen molar-refractivity contribution in [3.63, 3.8) is 0 Å². The fraction of sp³-hybridized carbons (Fsp3) is 0.542. The van der Waals surface area contributed by atoms with Crippen molar-refractivity contribution in [2.24, 2.45) is 28.7 Å². The van der Waals surface area contributed by atoms with Crippen LogP contribution >= 0.6 is 35.6 Å². The molecule has 0 spiro atoms. The van der Waals surface area contributed by atoms with Crippen molar-refractivity contribution in [1.29, 1.82) is 0 Å². The molecule has 32 heavy (non-hydrogen) atoms. The third-order valence-electron chi connectivity index (χ3n) is 7.10. The molecule has 6 atom stereocenters. The minimum absolute atomic E-state index is 0. The number of nitrogens with zero attached hydrogens (tertiary/aromatic N) is 2. The third-order valence-corrected chi connectivity index (χ3v) is 7.34. The fourth-order valence-electron chi connectivity index (χ4n) is 5.56. The van der Waals surface area contributed by atoms with E-state index in [1.807, 2.05) is 25.1 Å². The van der Waals surface area contributed by atoms with E-state index in [1.165, 1.54) is 10.5 Å². The lowest BCUT2D eigenvalue weighted by molar-refractivity contribution is -0.140. The monoisotopic (exact) mass is 568 g/mol. The predicted octanol–water partition coefficient (Wildman–Crippen LogP) is 3.57. The van der Waals surface area contributed by atoms with Gasteiger partial charge in [0.25, 0.3) is 0 Å². The quantitative estimate of drug-likeness (QED) is 0.132. The molecule has 1 aliphatic heterocycles. The average molecular weight is 569 g/mol. The van der Waals surface area contributed by atoms with E-state index in [2.05, 4.69) is 33.8 Å². The minimum atomic E-state index is -0.108. The number of amides is 2. The first-order chi connectivity index (χ1) is 15.1. The van der Waals surface area contributed by atoms with Crippen LogP contribution in [0.15, 0.2) is 41.4 Å². The van der Waals surface area contributed by atoms with Crippen LogP contribution in [-0.4, -0.2) is 48.3 Å². The average Bonchev–Trinajstić information content (AvgIpc) is 3.09. The van der Waals surface area contributed by atoms with Crippen molar-refractivity contribution in [2.45, 2.75) is 38.1 Å². The Bertz CT molecular complexity index is 922. The van der Waals surface area contributed by atoms with Crippen molar-refractivity contribution >= 4 is 53.4 Å². The summed E-state index contributed by atoms with van der Waals surface area (Å²) in [5.41, 5.74) is 1.25. The number of rotatable bonds is 7. The number of allylic oxidation sites excluding steroid dienone is 2. The van der Waals surface area contributed by atoms with Crippen molar-refractivity contribution in [1.82, 2.24) is 15.5 Å². The van der Waals surface area contributed by atoms with Crippen LogP contribution in [0.3, 0.4) is 0 Å². The number of carbonyl (C=O) groups excluding carboxylic acids is 2. The van der Waals surface area contributed by atoms with Gasteiger partial charge in [-0.2, -0.15) is 0 Å². The van der Waals surface area contributed by atoms with E-state index in [0.717, 1.165) is 30.4 Å². The molecule has 2 amide bonds. The first kappa shape index (κ1) is 23.5. The topological polar surface area (TPSA) is 73.8 Å². The van der Waals surface area contributed by atoms with Crippen LogP contribution in [0.25, 0.3) is 0 Å². The highest BCUT2D eigenvalue weighted by Gasteiger charge is 2.58. The lowest BCUT2D eigenvalue weighted by atomic mass is 9.85. The highest BCUT2D eigenvalue weighted by Crippen LogP contribution is 2.52. The number of fused-ring (bicyclic) bond motifs is 5. The summed E-state index contributed by atoms with van der Waals surface area (Å²) in [5.74, 6) is 1.62. The van der Waals surface area contributed by atoms with Crippen LogP contribution in [0.5, 0.6) is 0 Å². The van der Waals surface area contributed by atoms with E-state index in [0.29, 0.717) is 31.5 Å². The smallest absolute Gasteiger partial charge is 0.233 e. The van der Waals surface area contributed by atoms with Gasteiger partial charge < -0.3 is 10.6 Å². The molecule has 3 fully saturated rings. The van der Waals surface area contributed by atoms with Crippen molar-refractivity contribution in [3.8, 4) is 0 Å². The molecule has 5 rings (SSSR count). The fourth-order valence-corrected chi connectivity index (χ4v) is 5.76. The number of imide groups is 1. The van der Waals surface area contributed by atoms with Crippen molar-refractivity contribution < 1.29 is 9.59 Å². The lowest BCUT2D eigenvalue weighted by Gasteiger charge is -2.17. The Hall–Kier alpha value is -1.61. The van der Waals surface area contributed by atoms with Gasteiger partial charge in [-0.3, -0.25) is 19.5 Å². The highest BCUT2D eigenvalue weighted by molar-refractivity contribution is 14.0. The van der Waals surface area contributed by atoms with Crippen LogP contribution in [0, 0.1) is 23.7 Å². The van der Waals surface area contributed by atoms with E-state index >= 15 is 0 Å². The number of nitrogens with one attached hydrogen (secondary N) is 2. The van der Waals surface area contributed by atoms with Gasteiger partial charge in [-0.05, 0) is 55.7 Å². The van der Waals surface area contributed by atoms with Gasteiger partial charge >= 0.3 is 0 Å². The van der Waals surface area contributed by atoms with E-state index in [1.54, 1.807) is 0 Å². The van der Waals surface area contributed by atoms with Gasteiger partial charge in [0.2, 0.25) is 11.8 Å². The first-order valence-electron chi connectivity index (χ1n) is 11.4. The Morgan fingerprint density at radius 1 is 1.16 bits per heavy atom. The summed E-state index contributed by atoms with van der Waals surface area (Å²) >= 11 is 6.12. The Morgan fingerprint density at radius 2 is 1.88 bits per heavy atom. The van der Waals surface area contributed by atoms with Gasteiger partial charge in [0.15, 0.2) is 5.96 Å². The van der Waals surface area contributed by atoms with Gasteiger partial charge in [0, 0.05) is 36.6 Å². The van der Waals surface area contributed by atoms with E-state index in [9.17, 15) is 9.59 Å². The maximum atomic E-state index is 12.8. The Labute approximate surface area is 211 Å². The number of hydrogen-bond acceptors (Lipinski definition) is 3. The van der Waals surface area contributed by atoms with Crippen LogP contribution in [0.1, 0.15) is 37.7 Å². The zero-order chi connectivity index (χ0) is 21.5. The van der Waals surface area contributed by atoms with Gasteiger partial charge in [-0.15, -0.1) is 24.0 Å². The Kier molecular flexibility index (Phi) is 7.14. The molecule has 2 N–H and O–H groups in total. The first-order valence-corrected chi connectivity index (χ1v) is 11.8. The van der Waals surface area contributed by atoms with E-state index in [-0.39, 0.29) is 59.5 Å². The van der Waals surface area contributed by atoms with Gasteiger partial charge in [-0.25, -0.2) is 0 Å². The SMILES string of the molecule is CCNC(=NCCCN1C(=O)C2C3C=CC(C3)C2C1=O)NC1CC1c1cccc(Cl)c1.I. The van der Waals surface area contributed by atoms with E-state index < -0.39 is 0 Å². The van der Waals surface area contributed by atoms with Crippen LogP contribution in [-0.2, 0) is 9.59 Å². The minimum Gasteiger partial charge on any atom is -0.357 e. The molecule has 8 heteroatoms. The number of benzene rings is 1. The second kappa shape index (κ2) is 9.71. The van der Waals surface area contributed by atoms with Gasteiger partial charge in [0.1, 0.15) is 0 Å². The summed E-state index contributed by atoms with van der Waals surface area (Å²) in [5, 5.41) is 7.56. The zero-order valence-electron chi connectivity index (χ0n) is 18.2. The number of hydrogen-bond donors (Lipinski definition) is 2. The molecule has 0 aromatic heterocycles. The molecule has 1 saturated heterocycles. The van der Waals surface area contributed by atoms with Gasteiger partial charge in [-0.1, -0.05) is 35.9 Å². The molecule has 1 aromatic rings. The summed E-state index contributed by atoms with van der Waals surface area (Å²) in [4.78, 5) is 31.7. The molecular formula is C24H30ClIN4O2. The molecule has 2 saturated carbocycles. The predicted molar refractivity (Wildman–Crippen MR) is 136 cm³/mol. The molecule has 4 aliphatic rings. The van der Waals surface area contributed by atoms with Crippen molar-refractivity contribution in [2.75, 3.05) is 19.6 Å². The van der Waals surface area contributed by atoms with Crippen LogP contribution < -0.4 is 10.6 Å². The largest absolute Gasteiger partial charge is 0.357 e. The normalized spacial score (nSPS) is 32.2. The molecule has 0 radical (unpaired) electrons. The number of guanidine groups is 1.